The highest BCUT2D eigenvalue weighted by Gasteiger charge is 2.30. The zero-order valence-electron chi connectivity index (χ0n) is 15.9. The van der Waals surface area contributed by atoms with Crippen molar-refractivity contribution in [2.45, 2.75) is 31.7 Å². The van der Waals surface area contributed by atoms with Crippen molar-refractivity contribution in [3.8, 4) is 0 Å². The molecule has 0 aliphatic carbocycles. The number of hydrogen-bond acceptors (Lipinski definition) is 4. The Kier molecular flexibility index (Phi) is 4.49. The number of hydrogen-bond donors (Lipinski definition) is 1. The number of thiazole rings is 1. The molecule has 2 aromatic carbocycles. The quantitative estimate of drug-likeness (QED) is 0.486. The molecule has 0 unspecified atom stereocenters. The molecule has 1 N–H and O–H groups in total. The van der Waals surface area contributed by atoms with Crippen molar-refractivity contribution in [2.75, 3.05) is 13.1 Å². The molecule has 5 rings (SSSR count). The Bertz CT molecular complexity index is 1110. The fourth-order valence-electron chi connectivity index (χ4n) is 4.29. The number of aromatic amines is 1. The van der Waals surface area contributed by atoms with Gasteiger partial charge in [-0.05, 0) is 44.5 Å². The highest BCUT2D eigenvalue weighted by Crippen LogP contribution is 2.34. The number of Topliss-reactive ketones (excluding diaryl/α,β-unsaturated/α-hetero) is 1. The molecule has 142 valence electrons. The van der Waals surface area contributed by atoms with Crippen molar-refractivity contribution in [3.63, 3.8) is 0 Å². The van der Waals surface area contributed by atoms with Crippen LogP contribution < -0.4 is 0 Å². The van der Waals surface area contributed by atoms with E-state index in [4.69, 9.17) is 4.98 Å². The molecule has 28 heavy (non-hydrogen) atoms. The molecule has 1 fully saturated rings. The first-order valence-corrected chi connectivity index (χ1v) is 10.7. The number of carbonyl (C=O) groups is 1. The van der Waals surface area contributed by atoms with Gasteiger partial charge in [0.2, 0.25) is 0 Å². The van der Waals surface area contributed by atoms with Crippen LogP contribution in [0, 0.1) is 0 Å². The van der Waals surface area contributed by atoms with Crippen LogP contribution in [0.1, 0.15) is 41.0 Å². The summed E-state index contributed by atoms with van der Waals surface area (Å²) in [6.07, 6.45) is 4.11. The fourth-order valence-corrected chi connectivity index (χ4v) is 5.38. The molecule has 4 nitrogen and oxygen atoms in total. The highest BCUT2D eigenvalue weighted by molar-refractivity contribution is 7.18. The normalized spacial score (nSPS) is 19.2. The smallest absolute Gasteiger partial charge is 0.181 e. The number of benzene rings is 2. The third-order valence-electron chi connectivity index (χ3n) is 5.89. The molecule has 0 amide bonds. The minimum atomic E-state index is -0.128. The van der Waals surface area contributed by atoms with Gasteiger partial charge in [-0.15, -0.1) is 11.3 Å². The summed E-state index contributed by atoms with van der Waals surface area (Å²) in [4.78, 5) is 23.7. The highest BCUT2D eigenvalue weighted by atomic mass is 32.1. The van der Waals surface area contributed by atoms with Crippen molar-refractivity contribution < 1.29 is 4.79 Å². The van der Waals surface area contributed by atoms with Gasteiger partial charge in [-0.2, -0.15) is 0 Å². The van der Waals surface area contributed by atoms with Gasteiger partial charge in [0, 0.05) is 35.1 Å². The minimum absolute atomic E-state index is 0.128. The predicted octanol–water partition coefficient (Wildman–Crippen LogP) is 5.23. The van der Waals surface area contributed by atoms with Crippen LogP contribution in [0.15, 0.2) is 54.7 Å². The van der Waals surface area contributed by atoms with E-state index < -0.39 is 0 Å². The number of nitrogens with one attached hydrogen (secondary N) is 1. The number of nitrogens with zero attached hydrogens (tertiary/aromatic N) is 2. The minimum Gasteiger partial charge on any atom is -0.360 e. The van der Waals surface area contributed by atoms with E-state index in [0.717, 1.165) is 47.9 Å². The van der Waals surface area contributed by atoms with Crippen LogP contribution in [0.25, 0.3) is 21.1 Å². The predicted molar refractivity (Wildman–Crippen MR) is 115 cm³/mol. The summed E-state index contributed by atoms with van der Waals surface area (Å²) in [6.45, 7) is 3.91. The number of carbonyl (C=O) groups excluding carboxylic acids is 1. The van der Waals surface area contributed by atoms with E-state index in [0.29, 0.717) is 5.92 Å². The largest absolute Gasteiger partial charge is 0.360 e. The Balaban J connectivity index is 1.37. The summed E-state index contributed by atoms with van der Waals surface area (Å²) >= 11 is 1.80. The molecule has 1 aliphatic rings. The van der Waals surface area contributed by atoms with Gasteiger partial charge in [0.25, 0.3) is 0 Å². The van der Waals surface area contributed by atoms with E-state index in [1.807, 2.05) is 43.5 Å². The first-order valence-electron chi connectivity index (χ1n) is 9.90. The van der Waals surface area contributed by atoms with Gasteiger partial charge in [0.05, 0.1) is 21.3 Å². The van der Waals surface area contributed by atoms with Gasteiger partial charge in [0.15, 0.2) is 5.78 Å². The molecule has 4 aromatic rings. The summed E-state index contributed by atoms with van der Waals surface area (Å²) in [7, 11) is 0. The van der Waals surface area contributed by atoms with Crippen LogP contribution in [0.3, 0.4) is 0 Å². The Morgan fingerprint density at radius 1 is 1.21 bits per heavy atom. The molecule has 1 aliphatic heterocycles. The molecule has 3 heterocycles. The van der Waals surface area contributed by atoms with Gasteiger partial charge < -0.3 is 4.98 Å². The zero-order valence-corrected chi connectivity index (χ0v) is 16.7. The molecule has 1 saturated heterocycles. The summed E-state index contributed by atoms with van der Waals surface area (Å²) in [5, 5.41) is 2.22. The lowest BCUT2D eigenvalue weighted by Crippen LogP contribution is -2.44. The van der Waals surface area contributed by atoms with E-state index in [2.05, 4.69) is 28.1 Å². The number of likely N-dealkylation sites (tertiary alicyclic amines) is 1. The van der Waals surface area contributed by atoms with E-state index in [9.17, 15) is 4.79 Å². The summed E-state index contributed by atoms with van der Waals surface area (Å²) in [5.41, 5.74) is 2.90. The third-order valence-corrected chi connectivity index (χ3v) is 7.09. The molecule has 0 spiro atoms. The maximum atomic E-state index is 13.2. The molecular formula is C23H23N3OS. The molecule has 0 saturated carbocycles. The van der Waals surface area contributed by atoms with Crippen LogP contribution in [0.5, 0.6) is 0 Å². The van der Waals surface area contributed by atoms with Crippen molar-refractivity contribution >= 4 is 38.2 Å². The van der Waals surface area contributed by atoms with Crippen LogP contribution in [0.2, 0.25) is 0 Å². The van der Waals surface area contributed by atoms with Crippen molar-refractivity contribution in [2.24, 2.45) is 0 Å². The first-order chi connectivity index (χ1) is 13.7. The Morgan fingerprint density at radius 3 is 2.93 bits per heavy atom. The van der Waals surface area contributed by atoms with Gasteiger partial charge >= 0.3 is 0 Å². The van der Waals surface area contributed by atoms with E-state index in [-0.39, 0.29) is 11.8 Å². The molecule has 0 radical (unpaired) electrons. The van der Waals surface area contributed by atoms with Crippen LogP contribution in [-0.2, 0) is 0 Å². The molecular weight excluding hydrogens is 366 g/mol. The topological polar surface area (TPSA) is 49.0 Å². The number of piperidine rings is 1. The Labute approximate surface area is 168 Å². The maximum absolute atomic E-state index is 13.2. The van der Waals surface area contributed by atoms with E-state index in [1.54, 1.807) is 11.3 Å². The lowest BCUT2D eigenvalue weighted by molar-refractivity contribution is 0.0793. The average molecular weight is 390 g/mol. The lowest BCUT2D eigenvalue weighted by Gasteiger charge is -2.35. The van der Waals surface area contributed by atoms with Crippen molar-refractivity contribution in [1.29, 1.82) is 0 Å². The molecule has 2 aromatic heterocycles. The molecule has 0 bridgehead atoms. The average Bonchev–Trinajstić information content (AvgIpc) is 3.37. The summed E-state index contributed by atoms with van der Waals surface area (Å²) in [5.74, 6) is 0.603. The number of para-hydroxylation sites is 2. The van der Waals surface area contributed by atoms with Crippen LogP contribution in [-0.4, -0.2) is 39.8 Å². The van der Waals surface area contributed by atoms with Crippen molar-refractivity contribution in [3.05, 3.63) is 65.3 Å². The second-order valence-corrected chi connectivity index (χ2v) is 8.70. The lowest BCUT2D eigenvalue weighted by atomic mass is 9.95. The van der Waals surface area contributed by atoms with Gasteiger partial charge in [-0.25, -0.2) is 4.98 Å². The number of rotatable bonds is 4. The number of H-pyrrole nitrogens is 1. The van der Waals surface area contributed by atoms with Gasteiger partial charge in [0.1, 0.15) is 0 Å². The second-order valence-electron chi connectivity index (χ2n) is 7.64. The first kappa shape index (κ1) is 17.6. The third kappa shape index (κ3) is 3.05. The Hall–Kier alpha value is -2.50. The van der Waals surface area contributed by atoms with Gasteiger partial charge in [-0.1, -0.05) is 30.3 Å². The van der Waals surface area contributed by atoms with Crippen molar-refractivity contribution in [1.82, 2.24) is 14.9 Å². The summed E-state index contributed by atoms with van der Waals surface area (Å²) < 4.78 is 1.25. The number of fused-ring (bicyclic) bond motifs is 2. The van der Waals surface area contributed by atoms with Crippen LogP contribution in [0.4, 0.5) is 0 Å². The van der Waals surface area contributed by atoms with E-state index in [1.165, 1.54) is 9.71 Å². The molecule has 5 heteroatoms. The van der Waals surface area contributed by atoms with Gasteiger partial charge in [-0.3, -0.25) is 9.69 Å². The monoisotopic (exact) mass is 389 g/mol. The number of aromatic nitrogens is 2. The fraction of sp³-hybridized carbons (Fsp3) is 0.304. The SMILES string of the molecule is C[C@@H](C(=O)c1c[nH]c2ccccc12)N1CCC[C@@H](c2nc3ccccc3s2)C1. The van der Waals surface area contributed by atoms with E-state index >= 15 is 0 Å². The summed E-state index contributed by atoms with van der Waals surface area (Å²) in [6, 6.07) is 16.2. The molecule has 2 atom stereocenters. The standard InChI is InChI=1S/C23H23N3OS/c1-15(22(27)18-13-24-19-9-3-2-8-17(18)19)26-12-6-7-16(14-26)23-25-20-10-4-5-11-21(20)28-23/h2-5,8-11,13,15-16,24H,6-7,12,14H2,1H3/t15-,16+/m0/s1. The second kappa shape index (κ2) is 7.15. The zero-order chi connectivity index (χ0) is 19.1. The van der Waals surface area contributed by atoms with Crippen LogP contribution >= 0.6 is 11.3 Å². The maximum Gasteiger partial charge on any atom is 0.181 e. The Morgan fingerprint density at radius 2 is 2.04 bits per heavy atom. The number of ketones is 1.